The second-order valence-corrected chi connectivity index (χ2v) is 4.66. The SMILES string of the molecule is CC(c1ccccc1)N1CCCNC(CO)C1=O. The predicted molar refractivity (Wildman–Crippen MR) is 70.1 cm³/mol. The van der Waals surface area contributed by atoms with Crippen LogP contribution in [0.2, 0.25) is 0 Å². The van der Waals surface area contributed by atoms with Crippen LogP contribution >= 0.6 is 0 Å². The summed E-state index contributed by atoms with van der Waals surface area (Å²) < 4.78 is 0. The zero-order valence-electron chi connectivity index (χ0n) is 10.7. The van der Waals surface area contributed by atoms with Crippen LogP contribution in [0, 0.1) is 0 Å². The van der Waals surface area contributed by atoms with Crippen LogP contribution in [-0.4, -0.2) is 41.7 Å². The number of rotatable bonds is 3. The Bertz CT molecular complexity index is 394. The topological polar surface area (TPSA) is 52.6 Å². The van der Waals surface area contributed by atoms with Crippen LogP contribution in [0.4, 0.5) is 0 Å². The molecule has 1 aliphatic rings. The second kappa shape index (κ2) is 5.98. The van der Waals surface area contributed by atoms with Crippen molar-refractivity contribution in [3.05, 3.63) is 35.9 Å². The zero-order chi connectivity index (χ0) is 13.0. The van der Waals surface area contributed by atoms with E-state index in [-0.39, 0.29) is 18.6 Å². The van der Waals surface area contributed by atoms with Gasteiger partial charge in [0.1, 0.15) is 6.04 Å². The van der Waals surface area contributed by atoms with Crippen molar-refractivity contribution in [3.63, 3.8) is 0 Å². The van der Waals surface area contributed by atoms with Crippen molar-refractivity contribution in [1.82, 2.24) is 10.2 Å². The van der Waals surface area contributed by atoms with E-state index in [1.165, 1.54) is 0 Å². The lowest BCUT2D eigenvalue weighted by Crippen LogP contribution is -2.46. The molecule has 4 heteroatoms. The molecule has 1 heterocycles. The van der Waals surface area contributed by atoms with Crippen LogP contribution in [0.5, 0.6) is 0 Å². The number of carbonyl (C=O) groups is 1. The third kappa shape index (κ3) is 2.71. The predicted octanol–water partition coefficient (Wildman–Crippen LogP) is 0.930. The fraction of sp³-hybridized carbons (Fsp3) is 0.500. The molecule has 1 amide bonds. The summed E-state index contributed by atoms with van der Waals surface area (Å²) in [7, 11) is 0. The number of hydrogen-bond donors (Lipinski definition) is 2. The number of benzene rings is 1. The number of hydrogen-bond acceptors (Lipinski definition) is 3. The molecule has 4 nitrogen and oxygen atoms in total. The van der Waals surface area contributed by atoms with E-state index in [4.69, 9.17) is 0 Å². The molecular formula is C14H20N2O2. The first-order chi connectivity index (χ1) is 8.74. The van der Waals surface area contributed by atoms with Gasteiger partial charge >= 0.3 is 0 Å². The minimum absolute atomic E-state index is 0.00801. The third-order valence-electron chi connectivity index (χ3n) is 3.48. The minimum atomic E-state index is -0.460. The Labute approximate surface area is 108 Å². The third-order valence-corrected chi connectivity index (χ3v) is 3.48. The van der Waals surface area contributed by atoms with Crippen molar-refractivity contribution >= 4 is 5.91 Å². The number of nitrogens with one attached hydrogen (secondary N) is 1. The molecule has 0 aliphatic carbocycles. The standard InChI is InChI=1S/C14H20N2O2/c1-11(12-6-3-2-4-7-12)16-9-5-8-15-13(10-17)14(16)18/h2-4,6-7,11,13,15,17H,5,8-10H2,1H3. The van der Waals surface area contributed by atoms with Gasteiger partial charge in [0.05, 0.1) is 12.6 Å². The van der Waals surface area contributed by atoms with Gasteiger partial charge in [-0.15, -0.1) is 0 Å². The number of carbonyl (C=O) groups excluding carboxylic acids is 1. The molecule has 1 fully saturated rings. The van der Waals surface area contributed by atoms with E-state index < -0.39 is 6.04 Å². The zero-order valence-corrected chi connectivity index (χ0v) is 10.7. The Hall–Kier alpha value is -1.39. The lowest BCUT2D eigenvalue weighted by Gasteiger charge is -2.30. The minimum Gasteiger partial charge on any atom is -0.394 e. The molecule has 18 heavy (non-hydrogen) atoms. The smallest absolute Gasteiger partial charge is 0.242 e. The summed E-state index contributed by atoms with van der Waals surface area (Å²) in [5.41, 5.74) is 1.13. The van der Waals surface area contributed by atoms with Crippen LogP contribution in [-0.2, 0) is 4.79 Å². The first-order valence-corrected chi connectivity index (χ1v) is 6.43. The molecule has 0 saturated carbocycles. The molecule has 98 valence electrons. The maximum atomic E-state index is 12.3. The molecular weight excluding hydrogens is 228 g/mol. The van der Waals surface area contributed by atoms with Crippen LogP contribution in [0.15, 0.2) is 30.3 Å². The molecule has 2 rings (SSSR count). The van der Waals surface area contributed by atoms with Gasteiger partial charge in [0.15, 0.2) is 0 Å². The van der Waals surface area contributed by atoms with Crippen molar-refractivity contribution in [2.45, 2.75) is 25.4 Å². The fourth-order valence-corrected chi connectivity index (χ4v) is 2.36. The first-order valence-electron chi connectivity index (χ1n) is 6.43. The van der Waals surface area contributed by atoms with E-state index in [1.807, 2.05) is 42.2 Å². The Morgan fingerprint density at radius 2 is 2.17 bits per heavy atom. The highest BCUT2D eigenvalue weighted by Gasteiger charge is 2.29. The highest BCUT2D eigenvalue weighted by atomic mass is 16.3. The van der Waals surface area contributed by atoms with Crippen molar-refractivity contribution < 1.29 is 9.90 Å². The molecule has 2 N–H and O–H groups in total. The largest absolute Gasteiger partial charge is 0.394 e. The van der Waals surface area contributed by atoms with E-state index in [1.54, 1.807) is 0 Å². The normalized spacial score (nSPS) is 22.7. The number of nitrogens with zero attached hydrogens (tertiary/aromatic N) is 1. The molecule has 0 aromatic heterocycles. The molecule has 1 aromatic carbocycles. The second-order valence-electron chi connectivity index (χ2n) is 4.66. The Kier molecular flexibility index (Phi) is 4.33. The van der Waals surface area contributed by atoms with Gasteiger partial charge in [0, 0.05) is 6.54 Å². The quantitative estimate of drug-likeness (QED) is 0.836. The van der Waals surface area contributed by atoms with E-state index in [2.05, 4.69) is 5.32 Å². The van der Waals surface area contributed by atoms with Crippen molar-refractivity contribution in [2.24, 2.45) is 0 Å². The number of aliphatic hydroxyl groups is 1. The Balaban J connectivity index is 2.17. The van der Waals surface area contributed by atoms with Crippen LogP contribution < -0.4 is 5.32 Å². The van der Waals surface area contributed by atoms with Gasteiger partial charge < -0.3 is 15.3 Å². The molecule has 1 aliphatic heterocycles. The van der Waals surface area contributed by atoms with Crippen molar-refractivity contribution in [2.75, 3.05) is 19.7 Å². The van der Waals surface area contributed by atoms with Gasteiger partial charge in [-0.3, -0.25) is 4.79 Å². The van der Waals surface area contributed by atoms with E-state index in [0.29, 0.717) is 0 Å². The first kappa shape index (κ1) is 13.1. The summed E-state index contributed by atoms with van der Waals surface area (Å²) in [4.78, 5) is 14.2. The van der Waals surface area contributed by atoms with E-state index in [0.717, 1.165) is 25.1 Å². The lowest BCUT2D eigenvalue weighted by atomic mass is 10.1. The molecule has 2 unspecified atom stereocenters. The van der Waals surface area contributed by atoms with Crippen LogP contribution in [0.25, 0.3) is 0 Å². The summed E-state index contributed by atoms with van der Waals surface area (Å²) in [6.07, 6.45) is 0.916. The van der Waals surface area contributed by atoms with Crippen molar-refractivity contribution in [3.8, 4) is 0 Å². The van der Waals surface area contributed by atoms with Crippen LogP contribution in [0.3, 0.4) is 0 Å². The average Bonchev–Trinajstić information content (AvgIpc) is 2.60. The molecule has 0 bridgehead atoms. The number of amides is 1. The molecule has 0 radical (unpaired) electrons. The molecule has 1 aromatic rings. The van der Waals surface area contributed by atoms with Gasteiger partial charge in [0.25, 0.3) is 0 Å². The van der Waals surface area contributed by atoms with Crippen LogP contribution in [0.1, 0.15) is 24.9 Å². The summed E-state index contributed by atoms with van der Waals surface area (Å²) in [6, 6.07) is 9.59. The summed E-state index contributed by atoms with van der Waals surface area (Å²) >= 11 is 0. The van der Waals surface area contributed by atoms with E-state index in [9.17, 15) is 9.90 Å². The molecule has 1 saturated heterocycles. The molecule has 2 atom stereocenters. The average molecular weight is 248 g/mol. The van der Waals surface area contributed by atoms with Crippen molar-refractivity contribution in [1.29, 1.82) is 0 Å². The Morgan fingerprint density at radius 3 is 2.83 bits per heavy atom. The van der Waals surface area contributed by atoms with Gasteiger partial charge in [-0.1, -0.05) is 30.3 Å². The number of aliphatic hydroxyl groups excluding tert-OH is 1. The Morgan fingerprint density at radius 1 is 1.44 bits per heavy atom. The monoisotopic (exact) mass is 248 g/mol. The summed E-state index contributed by atoms with van der Waals surface area (Å²) in [5, 5.41) is 12.3. The fourth-order valence-electron chi connectivity index (χ4n) is 2.36. The van der Waals surface area contributed by atoms with Gasteiger partial charge in [0.2, 0.25) is 5.91 Å². The van der Waals surface area contributed by atoms with Gasteiger partial charge in [-0.25, -0.2) is 0 Å². The van der Waals surface area contributed by atoms with Gasteiger partial charge in [-0.2, -0.15) is 0 Å². The van der Waals surface area contributed by atoms with Gasteiger partial charge in [-0.05, 0) is 25.5 Å². The highest BCUT2D eigenvalue weighted by molar-refractivity contribution is 5.82. The lowest BCUT2D eigenvalue weighted by molar-refractivity contribution is -0.135. The van der Waals surface area contributed by atoms with E-state index >= 15 is 0 Å². The summed E-state index contributed by atoms with van der Waals surface area (Å²) in [6.45, 7) is 3.40. The maximum absolute atomic E-state index is 12.3. The summed E-state index contributed by atoms with van der Waals surface area (Å²) in [5.74, 6) is -0.00801. The highest BCUT2D eigenvalue weighted by Crippen LogP contribution is 2.21. The molecule has 0 spiro atoms. The maximum Gasteiger partial charge on any atom is 0.242 e.